The minimum Gasteiger partial charge on any atom is -0.489 e. The van der Waals surface area contributed by atoms with Crippen molar-refractivity contribution in [2.75, 3.05) is 0 Å². The van der Waals surface area contributed by atoms with Crippen LogP contribution in [-0.4, -0.2) is 16.7 Å². The maximum Gasteiger partial charge on any atom is 0.273 e. The molecule has 1 heterocycles. The highest BCUT2D eigenvalue weighted by atomic mass is 16.5. The topological polar surface area (TPSA) is 55.6 Å². The van der Waals surface area contributed by atoms with E-state index in [1.165, 1.54) is 10.8 Å². The molecule has 166 valence electrons. The molecular formula is C29H23N3O2. The minimum atomic E-state index is -0.268. The molecule has 1 aromatic heterocycles. The van der Waals surface area contributed by atoms with Crippen LogP contribution in [0.15, 0.2) is 121 Å². The van der Waals surface area contributed by atoms with E-state index in [4.69, 9.17) is 4.74 Å². The number of carbonyl (C=O) groups excluding carboxylic acids is 1. The van der Waals surface area contributed by atoms with Gasteiger partial charge in [0.2, 0.25) is 0 Å². The van der Waals surface area contributed by atoms with Gasteiger partial charge in [-0.3, -0.25) is 4.79 Å². The van der Waals surface area contributed by atoms with Crippen LogP contribution in [0.2, 0.25) is 0 Å². The van der Waals surface area contributed by atoms with Gasteiger partial charge in [-0.25, -0.2) is 5.43 Å². The van der Waals surface area contributed by atoms with Gasteiger partial charge in [0.25, 0.3) is 5.91 Å². The first kappa shape index (κ1) is 21.2. The van der Waals surface area contributed by atoms with Gasteiger partial charge in [-0.15, -0.1) is 0 Å². The number of benzene rings is 4. The summed E-state index contributed by atoms with van der Waals surface area (Å²) in [5, 5.41) is 6.52. The molecule has 0 saturated carbocycles. The molecule has 4 aromatic carbocycles. The molecule has 5 aromatic rings. The normalized spacial score (nSPS) is 11.1. The second-order valence-electron chi connectivity index (χ2n) is 7.80. The molecule has 0 saturated heterocycles. The van der Waals surface area contributed by atoms with E-state index in [0.717, 1.165) is 22.6 Å². The molecule has 0 aliphatic carbocycles. The first-order valence-corrected chi connectivity index (χ1v) is 11.0. The van der Waals surface area contributed by atoms with Gasteiger partial charge in [-0.2, -0.15) is 5.10 Å². The van der Waals surface area contributed by atoms with Gasteiger partial charge in [0.1, 0.15) is 12.4 Å². The van der Waals surface area contributed by atoms with Crippen LogP contribution in [-0.2, 0) is 6.61 Å². The van der Waals surface area contributed by atoms with Crippen molar-refractivity contribution in [3.05, 3.63) is 132 Å². The summed E-state index contributed by atoms with van der Waals surface area (Å²) in [7, 11) is 0. The second-order valence-corrected chi connectivity index (χ2v) is 7.80. The molecule has 1 N–H and O–H groups in total. The van der Waals surface area contributed by atoms with Crippen molar-refractivity contribution in [3.8, 4) is 11.4 Å². The van der Waals surface area contributed by atoms with Crippen LogP contribution in [0.25, 0.3) is 16.5 Å². The number of hydrogen-bond acceptors (Lipinski definition) is 3. The lowest BCUT2D eigenvalue weighted by atomic mass is 10.1. The van der Waals surface area contributed by atoms with Crippen LogP contribution in [0, 0.1) is 0 Å². The van der Waals surface area contributed by atoms with E-state index in [1.54, 1.807) is 12.3 Å². The molecule has 0 radical (unpaired) electrons. The van der Waals surface area contributed by atoms with Crippen LogP contribution < -0.4 is 10.2 Å². The summed E-state index contributed by atoms with van der Waals surface area (Å²) < 4.78 is 7.89. The number of aromatic nitrogens is 1. The Hall–Kier alpha value is -4.64. The molecular weight excluding hydrogens is 422 g/mol. The average molecular weight is 446 g/mol. The minimum absolute atomic E-state index is 0.268. The molecule has 0 bridgehead atoms. The van der Waals surface area contributed by atoms with Crippen molar-refractivity contribution in [1.82, 2.24) is 9.99 Å². The first-order chi connectivity index (χ1) is 16.8. The van der Waals surface area contributed by atoms with Crippen LogP contribution in [0.5, 0.6) is 5.75 Å². The number of hydrogen-bond donors (Lipinski definition) is 1. The Morgan fingerprint density at radius 1 is 0.824 bits per heavy atom. The van der Waals surface area contributed by atoms with Gasteiger partial charge in [-0.1, -0.05) is 54.6 Å². The van der Waals surface area contributed by atoms with Crippen molar-refractivity contribution in [1.29, 1.82) is 0 Å². The number of hydrazone groups is 1. The highest BCUT2D eigenvalue weighted by molar-refractivity contribution is 5.98. The second kappa shape index (κ2) is 9.88. The molecule has 5 rings (SSSR count). The van der Waals surface area contributed by atoms with Crippen LogP contribution in [0.3, 0.4) is 0 Å². The zero-order valence-electron chi connectivity index (χ0n) is 18.5. The van der Waals surface area contributed by atoms with Crippen molar-refractivity contribution in [3.63, 3.8) is 0 Å². The van der Waals surface area contributed by atoms with Crippen molar-refractivity contribution in [2.24, 2.45) is 5.10 Å². The third-order valence-electron chi connectivity index (χ3n) is 5.57. The third-order valence-corrected chi connectivity index (χ3v) is 5.57. The Balaban J connectivity index is 1.20. The smallest absolute Gasteiger partial charge is 0.273 e. The van der Waals surface area contributed by atoms with Gasteiger partial charge < -0.3 is 9.30 Å². The maximum absolute atomic E-state index is 12.7. The monoisotopic (exact) mass is 445 g/mol. The summed E-state index contributed by atoms with van der Waals surface area (Å²) in [6.45, 7) is 0.492. The zero-order valence-corrected chi connectivity index (χ0v) is 18.5. The molecule has 0 aliphatic rings. The number of carbonyl (C=O) groups is 1. The average Bonchev–Trinajstić information content (AvgIpc) is 3.43. The fraction of sp³-hybridized carbons (Fsp3) is 0.0345. The van der Waals surface area contributed by atoms with Crippen molar-refractivity contribution >= 4 is 22.9 Å². The number of nitrogens with zero attached hydrogens (tertiary/aromatic N) is 2. The van der Waals surface area contributed by atoms with E-state index in [9.17, 15) is 4.79 Å². The molecule has 5 heteroatoms. The van der Waals surface area contributed by atoms with E-state index >= 15 is 0 Å². The van der Waals surface area contributed by atoms with Crippen LogP contribution in [0.1, 0.15) is 21.5 Å². The van der Waals surface area contributed by atoms with Crippen LogP contribution >= 0.6 is 0 Å². The molecule has 0 aliphatic heterocycles. The number of fused-ring (bicyclic) bond motifs is 1. The van der Waals surface area contributed by atoms with E-state index in [-0.39, 0.29) is 5.91 Å². The Morgan fingerprint density at radius 2 is 1.56 bits per heavy atom. The quantitative estimate of drug-likeness (QED) is 0.248. The fourth-order valence-electron chi connectivity index (χ4n) is 3.84. The number of ether oxygens (including phenoxy) is 1. The van der Waals surface area contributed by atoms with Crippen LogP contribution in [0.4, 0.5) is 0 Å². The molecule has 34 heavy (non-hydrogen) atoms. The van der Waals surface area contributed by atoms with Gasteiger partial charge in [0.05, 0.1) is 17.5 Å². The summed E-state index contributed by atoms with van der Waals surface area (Å²) in [6, 6.07) is 33.4. The molecule has 1 amide bonds. The third kappa shape index (κ3) is 4.74. The molecule has 0 spiro atoms. The number of rotatable bonds is 7. The SMILES string of the molecule is O=C(N/N=C/c1ccc(OCc2cccc3ccccc23)cc1)c1ccccc1-n1cccc1. The molecule has 0 fully saturated rings. The van der Waals surface area contributed by atoms with Gasteiger partial charge in [0.15, 0.2) is 0 Å². The Labute approximate surface area is 197 Å². The highest BCUT2D eigenvalue weighted by Crippen LogP contribution is 2.21. The Bertz CT molecular complexity index is 1430. The predicted molar refractivity (Wildman–Crippen MR) is 136 cm³/mol. The molecule has 0 unspecified atom stereocenters. The summed E-state index contributed by atoms with van der Waals surface area (Å²) >= 11 is 0. The summed E-state index contributed by atoms with van der Waals surface area (Å²) in [5.74, 6) is 0.505. The summed E-state index contributed by atoms with van der Waals surface area (Å²) in [6.07, 6.45) is 5.42. The first-order valence-electron chi connectivity index (χ1n) is 11.0. The fourth-order valence-corrected chi connectivity index (χ4v) is 3.84. The maximum atomic E-state index is 12.7. The van der Waals surface area contributed by atoms with Gasteiger partial charge in [0, 0.05) is 12.4 Å². The van der Waals surface area contributed by atoms with Crippen molar-refractivity contribution in [2.45, 2.75) is 6.61 Å². The standard InChI is InChI=1S/C29H23N3O2/c33-29(27-12-3-4-13-28(27)32-18-5-6-19-32)31-30-20-22-14-16-25(17-15-22)34-21-24-10-7-9-23-8-1-2-11-26(23)24/h1-20H,21H2,(H,31,33)/b30-20+. The van der Waals surface area contributed by atoms with Gasteiger partial charge in [-0.05, 0) is 70.4 Å². The zero-order chi connectivity index (χ0) is 23.2. The lowest BCUT2D eigenvalue weighted by Gasteiger charge is -2.09. The summed E-state index contributed by atoms with van der Waals surface area (Å²) in [5.41, 5.74) is 5.96. The van der Waals surface area contributed by atoms with Crippen molar-refractivity contribution < 1.29 is 9.53 Å². The number of nitrogens with one attached hydrogen (secondary N) is 1. The highest BCUT2D eigenvalue weighted by Gasteiger charge is 2.11. The molecule has 5 nitrogen and oxygen atoms in total. The van der Waals surface area contributed by atoms with Gasteiger partial charge >= 0.3 is 0 Å². The number of amides is 1. The van der Waals surface area contributed by atoms with E-state index in [0.29, 0.717) is 12.2 Å². The predicted octanol–water partition coefficient (Wildman–Crippen LogP) is 5.97. The van der Waals surface area contributed by atoms with E-state index in [2.05, 4.69) is 34.8 Å². The summed E-state index contributed by atoms with van der Waals surface area (Å²) in [4.78, 5) is 12.7. The molecule has 0 atom stereocenters. The Kier molecular flexibility index (Phi) is 6.16. The Morgan fingerprint density at radius 3 is 2.41 bits per heavy atom. The largest absolute Gasteiger partial charge is 0.489 e. The van der Waals surface area contributed by atoms with E-state index < -0.39 is 0 Å². The lowest BCUT2D eigenvalue weighted by Crippen LogP contribution is -2.19. The number of para-hydroxylation sites is 1. The lowest BCUT2D eigenvalue weighted by molar-refractivity contribution is 0.0955. The van der Waals surface area contributed by atoms with E-state index in [1.807, 2.05) is 89.8 Å².